The molecule has 6 heteroatoms. The summed E-state index contributed by atoms with van der Waals surface area (Å²) in [5.41, 5.74) is 1.02. The summed E-state index contributed by atoms with van der Waals surface area (Å²) in [6.07, 6.45) is 1.54. The maximum atomic E-state index is 6.21. The van der Waals surface area contributed by atoms with Gasteiger partial charge in [0, 0.05) is 18.2 Å². The van der Waals surface area contributed by atoms with E-state index in [4.69, 9.17) is 16.3 Å². The Kier molecular flexibility index (Phi) is 4.98. The van der Waals surface area contributed by atoms with Crippen molar-refractivity contribution in [2.24, 2.45) is 0 Å². The van der Waals surface area contributed by atoms with Gasteiger partial charge in [-0.2, -0.15) is 5.10 Å². The normalized spacial score (nSPS) is 11.1. The average molecular weight is 295 g/mol. The van der Waals surface area contributed by atoms with Crippen molar-refractivity contribution in [1.82, 2.24) is 20.1 Å². The molecule has 2 aromatic rings. The Morgan fingerprint density at radius 1 is 1.40 bits per heavy atom. The first kappa shape index (κ1) is 14.8. The molecular formula is C14H19ClN4O. The fourth-order valence-electron chi connectivity index (χ4n) is 1.99. The first-order valence-electron chi connectivity index (χ1n) is 6.56. The number of halogens is 1. The van der Waals surface area contributed by atoms with Crippen molar-refractivity contribution in [3.8, 4) is 5.75 Å². The third kappa shape index (κ3) is 3.29. The molecule has 20 heavy (non-hydrogen) atoms. The summed E-state index contributed by atoms with van der Waals surface area (Å²) < 4.78 is 7.70. The molecule has 0 aliphatic carbocycles. The summed E-state index contributed by atoms with van der Waals surface area (Å²) in [5.74, 6) is 1.48. The Labute approximate surface area is 123 Å². The predicted molar refractivity (Wildman–Crippen MR) is 79.0 cm³/mol. The topological polar surface area (TPSA) is 52.0 Å². The lowest BCUT2D eigenvalue weighted by Gasteiger charge is -2.14. The van der Waals surface area contributed by atoms with Gasteiger partial charge < -0.3 is 10.1 Å². The van der Waals surface area contributed by atoms with Crippen LogP contribution >= 0.6 is 11.6 Å². The first-order chi connectivity index (χ1) is 9.63. The zero-order valence-electron chi connectivity index (χ0n) is 11.9. The second-order valence-electron chi connectivity index (χ2n) is 4.76. The summed E-state index contributed by atoms with van der Waals surface area (Å²) in [6, 6.07) is 5.98. The summed E-state index contributed by atoms with van der Waals surface area (Å²) in [7, 11) is 1.89. The van der Waals surface area contributed by atoms with Crippen molar-refractivity contribution in [3.05, 3.63) is 40.9 Å². The standard InChI is InChI=1S/C14H19ClN4O/c1-10(2)19-13(17-9-18-19)8-20-14-11(7-16-3)5-4-6-12(14)15/h4-6,9-10,16H,7-8H2,1-3H3. The molecule has 1 N–H and O–H groups in total. The Balaban J connectivity index is 2.16. The Morgan fingerprint density at radius 3 is 2.90 bits per heavy atom. The molecule has 0 atom stereocenters. The number of para-hydroxylation sites is 1. The van der Waals surface area contributed by atoms with Crippen molar-refractivity contribution in [3.63, 3.8) is 0 Å². The van der Waals surface area contributed by atoms with Crippen LogP contribution in [0.15, 0.2) is 24.5 Å². The van der Waals surface area contributed by atoms with E-state index in [0.717, 1.165) is 11.4 Å². The fraction of sp³-hybridized carbons (Fsp3) is 0.429. The highest BCUT2D eigenvalue weighted by Gasteiger charge is 2.12. The van der Waals surface area contributed by atoms with Crippen LogP contribution in [0.3, 0.4) is 0 Å². The highest BCUT2D eigenvalue weighted by Crippen LogP contribution is 2.29. The first-order valence-corrected chi connectivity index (χ1v) is 6.94. The molecule has 0 fully saturated rings. The Morgan fingerprint density at radius 2 is 2.20 bits per heavy atom. The van der Waals surface area contributed by atoms with E-state index in [-0.39, 0.29) is 6.04 Å². The number of aromatic nitrogens is 3. The van der Waals surface area contributed by atoms with Gasteiger partial charge in [0.1, 0.15) is 18.7 Å². The van der Waals surface area contributed by atoms with Crippen LogP contribution in [-0.2, 0) is 13.2 Å². The van der Waals surface area contributed by atoms with Crippen LogP contribution in [-0.4, -0.2) is 21.8 Å². The van der Waals surface area contributed by atoms with Gasteiger partial charge in [0.25, 0.3) is 0 Å². The van der Waals surface area contributed by atoms with Crippen molar-refractivity contribution >= 4 is 11.6 Å². The number of ether oxygens (including phenoxy) is 1. The molecule has 0 amide bonds. The smallest absolute Gasteiger partial charge is 0.165 e. The monoisotopic (exact) mass is 294 g/mol. The minimum absolute atomic E-state index is 0.249. The molecule has 5 nitrogen and oxygen atoms in total. The number of nitrogens with one attached hydrogen (secondary N) is 1. The molecule has 0 unspecified atom stereocenters. The van der Waals surface area contributed by atoms with E-state index < -0.39 is 0 Å². The second-order valence-corrected chi connectivity index (χ2v) is 5.17. The van der Waals surface area contributed by atoms with E-state index in [1.807, 2.05) is 29.9 Å². The minimum atomic E-state index is 0.249. The largest absolute Gasteiger partial charge is 0.484 e. The zero-order valence-corrected chi connectivity index (χ0v) is 12.7. The highest BCUT2D eigenvalue weighted by atomic mass is 35.5. The molecule has 0 aliphatic heterocycles. The Bertz CT molecular complexity index is 568. The van der Waals surface area contributed by atoms with E-state index in [1.165, 1.54) is 0 Å². The minimum Gasteiger partial charge on any atom is -0.484 e. The molecule has 0 aliphatic rings. The van der Waals surface area contributed by atoms with Crippen molar-refractivity contribution in [2.75, 3.05) is 7.05 Å². The highest BCUT2D eigenvalue weighted by molar-refractivity contribution is 6.32. The van der Waals surface area contributed by atoms with E-state index in [0.29, 0.717) is 23.9 Å². The van der Waals surface area contributed by atoms with Gasteiger partial charge in [0.15, 0.2) is 5.82 Å². The summed E-state index contributed by atoms with van der Waals surface area (Å²) >= 11 is 6.21. The van der Waals surface area contributed by atoms with Crippen molar-refractivity contribution in [1.29, 1.82) is 0 Å². The van der Waals surface area contributed by atoms with Gasteiger partial charge in [-0.1, -0.05) is 23.7 Å². The van der Waals surface area contributed by atoms with Gasteiger partial charge >= 0.3 is 0 Å². The molecule has 2 rings (SSSR count). The maximum Gasteiger partial charge on any atom is 0.165 e. The molecule has 1 aromatic carbocycles. The quantitative estimate of drug-likeness (QED) is 0.890. The fourth-order valence-corrected chi connectivity index (χ4v) is 2.24. The van der Waals surface area contributed by atoms with Gasteiger partial charge in [-0.05, 0) is 27.0 Å². The summed E-state index contributed by atoms with van der Waals surface area (Å²) in [5, 5.41) is 7.90. The number of rotatable bonds is 6. The van der Waals surface area contributed by atoms with E-state index >= 15 is 0 Å². The third-order valence-electron chi connectivity index (χ3n) is 2.90. The molecule has 0 radical (unpaired) electrons. The van der Waals surface area contributed by atoms with Crippen LogP contribution in [0.4, 0.5) is 0 Å². The Hall–Kier alpha value is -1.59. The SMILES string of the molecule is CNCc1cccc(Cl)c1OCc1ncnn1C(C)C. The van der Waals surface area contributed by atoms with Crippen LogP contribution < -0.4 is 10.1 Å². The molecule has 0 saturated heterocycles. The van der Waals surface area contributed by atoms with Crippen LogP contribution in [0.1, 0.15) is 31.3 Å². The average Bonchev–Trinajstić information content (AvgIpc) is 2.87. The molecule has 0 bridgehead atoms. The zero-order chi connectivity index (χ0) is 14.5. The number of hydrogen-bond donors (Lipinski definition) is 1. The van der Waals surface area contributed by atoms with Crippen LogP contribution in [0.2, 0.25) is 5.02 Å². The lowest BCUT2D eigenvalue weighted by Crippen LogP contribution is -2.12. The van der Waals surface area contributed by atoms with Gasteiger partial charge in [-0.3, -0.25) is 0 Å². The number of benzene rings is 1. The third-order valence-corrected chi connectivity index (χ3v) is 3.20. The van der Waals surface area contributed by atoms with E-state index in [1.54, 1.807) is 6.33 Å². The second kappa shape index (κ2) is 6.72. The molecule has 1 aromatic heterocycles. The van der Waals surface area contributed by atoms with Crippen molar-refractivity contribution in [2.45, 2.75) is 33.0 Å². The lowest BCUT2D eigenvalue weighted by molar-refractivity contribution is 0.279. The number of nitrogens with zero attached hydrogens (tertiary/aromatic N) is 3. The molecule has 1 heterocycles. The van der Waals surface area contributed by atoms with Crippen LogP contribution in [0, 0.1) is 0 Å². The lowest BCUT2D eigenvalue weighted by atomic mass is 10.2. The van der Waals surface area contributed by atoms with Gasteiger partial charge in [0.05, 0.1) is 5.02 Å². The van der Waals surface area contributed by atoms with Crippen LogP contribution in [0.25, 0.3) is 0 Å². The van der Waals surface area contributed by atoms with E-state index in [9.17, 15) is 0 Å². The molecule has 0 spiro atoms. The predicted octanol–water partition coefficient (Wildman–Crippen LogP) is 2.81. The summed E-state index contributed by atoms with van der Waals surface area (Å²) in [6.45, 7) is 5.16. The molecule has 0 saturated carbocycles. The molecule has 108 valence electrons. The van der Waals surface area contributed by atoms with Gasteiger partial charge in [0.2, 0.25) is 0 Å². The number of hydrogen-bond acceptors (Lipinski definition) is 4. The van der Waals surface area contributed by atoms with Gasteiger partial charge in [-0.25, -0.2) is 9.67 Å². The molecular weight excluding hydrogens is 276 g/mol. The summed E-state index contributed by atoms with van der Waals surface area (Å²) in [4.78, 5) is 4.23. The van der Waals surface area contributed by atoms with Gasteiger partial charge in [-0.15, -0.1) is 0 Å². The van der Waals surface area contributed by atoms with Crippen LogP contribution in [0.5, 0.6) is 5.75 Å². The van der Waals surface area contributed by atoms with Crippen molar-refractivity contribution < 1.29 is 4.74 Å². The maximum absolute atomic E-state index is 6.21. The van der Waals surface area contributed by atoms with E-state index in [2.05, 4.69) is 29.2 Å².